The molecule has 1 heterocycles. The maximum atomic E-state index is 13.3. The molecule has 114 valence electrons. The van der Waals surface area contributed by atoms with Gasteiger partial charge in [0.2, 0.25) is 0 Å². The Labute approximate surface area is 129 Å². The van der Waals surface area contributed by atoms with Crippen molar-refractivity contribution in [1.29, 1.82) is 0 Å². The first kappa shape index (κ1) is 15.8. The highest BCUT2D eigenvalue weighted by Crippen LogP contribution is 2.27. The number of nitrogens with one attached hydrogen (secondary N) is 2. The normalized spacial score (nSPS) is 21.1. The summed E-state index contributed by atoms with van der Waals surface area (Å²) < 4.78 is 18.3. The van der Waals surface area contributed by atoms with E-state index >= 15 is 0 Å². The van der Waals surface area contributed by atoms with Crippen LogP contribution < -0.4 is 10.6 Å². The number of carbonyl (C=O) groups excluding carboxylic acids is 1. The Balaban J connectivity index is 2.10. The summed E-state index contributed by atoms with van der Waals surface area (Å²) >= 11 is 11.2. The van der Waals surface area contributed by atoms with Crippen LogP contribution in [-0.2, 0) is 9.53 Å². The lowest BCUT2D eigenvalue weighted by Gasteiger charge is -2.23. The molecule has 0 bridgehead atoms. The molecule has 1 unspecified atom stereocenters. The molecule has 0 saturated carbocycles. The van der Waals surface area contributed by atoms with Gasteiger partial charge in [-0.1, -0.05) is 23.2 Å². The van der Waals surface area contributed by atoms with Gasteiger partial charge in [0, 0.05) is 18.7 Å². The molecule has 9 heteroatoms. The molecule has 21 heavy (non-hydrogen) atoms. The number of carboxylic acid groups (broad SMARTS) is 1. The summed E-state index contributed by atoms with van der Waals surface area (Å²) in [5, 5.41) is 13.4. The molecular weight excluding hydrogens is 326 g/mol. The maximum Gasteiger partial charge on any atom is 0.332 e. The van der Waals surface area contributed by atoms with E-state index in [4.69, 9.17) is 27.9 Å². The number of carboxylic acids is 1. The molecule has 0 radical (unpaired) electrons. The van der Waals surface area contributed by atoms with Gasteiger partial charge in [0.15, 0.2) is 11.4 Å². The average molecular weight is 337 g/mol. The van der Waals surface area contributed by atoms with Crippen LogP contribution in [0.3, 0.4) is 0 Å². The van der Waals surface area contributed by atoms with Crippen molar-refractivity contribution in [1.82, 2.24) is 5.32 Å². The van der Waals surface area contributed by atoms with Crippen molar-refractivity contribution in [2.75, 3.05) is 18.5 Å². The monoisotopic (exact) mass is 336 g/mol. The van der Waals surface area contributed by atoms with Gasteiger partial charge in [0.1, 0.15) is 0 Å². The minimum absolute atomic E-state index is 0.124. The Kier molecular flexibility index (Phi) is 4.55. The van der Waals surface area contributed by atoms with Crippen LogP contribution in [-0.4, -0.2) is 35.9 Å². The number of benzene rings is 1. The predicted octanol–water partition coefficient (Wildman–Crippen LogP) is 2.50. The molecule has 0 spiro atoms. The summed E-state index contributed by atoms with van der Waals surface area (Å²) in [7, 11) is 0. The molecule has 1 aromatic carbocycles. The number of hydrogen-bond donors (Lipinski definition) is 3. The van der Waals surface area contributed by atoms with Crippen LogP contribution in [0.15, 0.2) is 12.1 Å². The zero-order chi connectivity index (χ0) is 15.6. The molecule has 1 aliphatic rings. The van der Waals surface area contributed by atoms with Gasteiger partial charge >= 0.3 is 12.0 Å². The molecule has 0 aliphatic carbocycles. The Morgan fingerprint density at radius 2 is 1.95 bits per heavy atom. The van der Waals surface area contributed by atoms with Crippen LogP contribution in [0, 0.1) is 5.82 Å². The number of amides is 2. The van der Waals surface area contributed by atoms with Gasteiger partial charge in [-0.25, -0.2) is 14.0 Å². The van der Waals surface area contributed by atoms with E-state index in [9.17, 15) is 19.1 Å². The number of urea groups is 1. The van der Waals surface area contributed by atoms with Crippen molar-refractivity contribution in [3.8, 4) is 0 Å². The topological polar surface area (TPSA) is 87.7 Å². The van der Waals surface area contributed by atoms with Crippen LogP contribution in [0.5, 0.6) is 0 Å². The average Bonchev–Trinajstić information content (AvgIpc) is 2.85. The summed E-state index contributed by atoms with van der Waals surface area (Å²) in [6.45, 7) is 0.113. The van der Waals surface area contributed by atoms with E-state index in [1.165, 1.54) is 12.1 Å². The Hall–Kier alpha value is -1.57. The van der Waals surface area contributed by atoms with Crippen LogP contribution in [0.25, 0.3) is 0 Å². The summed E-state index contributed by atoms with van der Waals surface area (Å²) in [5.41, 5.74) is -1.33. The highest BCUT2D eigenvalue weighted by atomic mass is 35.5. The van der Waals surface area contributed by atoms with E-state index in [0.29, 0.717) is 0 Å². The molecule has 0 aromatic heterocycles. The first-order valence-electron chi connectivity index (χ1n) is 5.89. The molecule has 2 amide bonds. The van der Waals surface area contributed by atoms with Gasteiger partial charge in [0.25, 0.3) is 0 Å². The van der Waals surface area contributed by atoms with Gasteiger partial charge in [-0.3, -0.25) is 0 Å². The number of carbonyl (C=O) groups is 2. The van der Waals surface area contributed by atoms with Crippen molar-refractivity contribution in [2.24, 2.45) is 0 Å². The standard InChI is InChI=1S/C12H11Cl2FN2O4/c13-7-3-6(4-8(14)9(7)15)16-11(20)17-12(10(18)19)1-2-21-5-12/h3-4H,1-2,5H2,(H,18,19)(H2,16,17,20). The molecule has 1 saturated heterocycles. The zero-order valence-corrected chi connectivity index (χ0v) is 12.1. The SMILES string of the molecule is O=C(Nc1cc(Cl)c(F)c(Cl)c1)NC1(C(=O)O)CCOC1. The summed E-state index contributed by atoms with van der Waals surface area (Å²) in [4.78, 5) is 23.1. The quantitative estimate of drug-likeness (QED) is 0.740. The lowest BCUT2D eigenvalue weighted by molar-refractivity contribution is -0.144. The van der Waals surface area contributed by atoms with Crippen LogP contribution in [0.1, 0.15) is 6.42 Å². The third-order valence-electron chi connectivity index (χ3n) is 3.03. The molecular formula is C12H11Cl2FN2O4. The zero-order valence-electron chi connectivity index (χ0n) is 10.6. The maximum absolute atomic E-state index is 13.3. The minimum Gasteiger partial charge on any atom is -0.479 e. The largest absolute Gasteiger partial charge is 0.479 e. The molecule has 2 rings (SSSR count). The summed E-state index contributed by atoms with van der Waals surface area (Å²) in [5.74, 6) is -1.99. The first-order chi connectivity index (χ1) is 9.84. The van der Waals surface area contributed by atoms with E-state index in [1.807, 2.05) is 0 Å². The number of aliphatic carboxylic acids is 1. The lowest BCUT2D eigenvalue weighted by Crippen LogP contribution is -2.56. The molecule has 1 aliphatic heterocycles. The molecule has 1 atom stereocenters. The van der Waals surface area contributed by atoms with Crippen molar-refractivity contribution < 1.29 is 23.8 Å². The highest BCUT2D eigenvalue weighted by Gasteiger charge is 2.44. The Morgan fingerprint density at radius 3 is 2.43 bits per heavy atom. The number of anilines is 1. The second-order valence-corrected chi connectivity index (χ2v) is 5.34. The minimum atomic E-state index is -1.47. The van der Waals surface area contributed by atoms with Crippen molar-refractivity contribution in [3.63, 3.8) is 0 Å². The first-order valence-corrected chi connectivity index (χ1v) is 6.64. The highest BCUT2D eigenvalue weighted by molar-refractivity contribution is 6.35. The van der Waals surface area contributed by atoms with E-state index in [0.717, 1.165) is 0 Å². The number of ether oxygens (including phenoxy) is 1. The van der Waals surface area contributed by atoms with Gasteiger partial charge in [-0.15, -0.1) is 0 Å². The fourth-order valence-electron chi connectivity index (χ4n) is 1.89. The third kappa shape index (κ3) is 3.37. The van der Waals surface area contributed by atoms with Crippen molar-refractivity contribution in [2.45, 2.75) is 12.0 Å². The summed E-state index contributed by atoms with van der Waals surface area (Å²) in [6.07, 6.45) is 0.153. The number of halogens is 3. The van der Waals surface area contributed by atoms with Crippen molar-refractivity contribution in [3.05, 3.63) is 28.0 Å². The fraction of sp³-hybridized carbons (Fsp3) is 0.333. The Bertz CT molecular complexity index is 568. The third-order valence-corrected chi connectivity index (χ3v) is 3.58. The van der Waals surface area contributed by atoms with Gasteiger partial charge in [0.05, 0.1) is 16.7 Å². The molecule has 1 fully saturated rings. The van der Waals surface area contributed by atoms with Crippen molar-refractivity contribution >= 4 is 40.9 Å². The van der Waals surface area contributed by atoms with Gasteiger partial charge < -0.3 is 20.5 Å². The van der Waals surface area contributed by atoms with Gasteiger partial charge in [-0.05, 0) is 12.1 Å². The molecule has 3 N–H and O–H groups in total. The smallest absolute Gasteiger partial charge is 0.332 e. The van der Waals surface area contributed by atoms with Crippen LogP contribution >= 0.6 is 23.2 Å². The van der Waals surface area contributed by atoms with E-state index in [-0.39, 0.29) is 35.4 Å². The predicted molar refractivity (Wildman–Crippen MR) is 74.4 cm³/mol. The van der Waals surface area contributed by atoms with E-state index < -0.39 is 23.4 Å². The number of hydrogen-bond acceptors (Lipinski definition) is 3. The van der Waals surface area contributed by atoms with E-state index in [1.54, 1.807) is 0 Å². The van der Waals surface area contributed by atoms with Gasteiger partial charge in [-0.2, -0.15) is 0 Å². The Morgan fingerprint density at radius 1 is 1.33 bits per heavy atom. The van der Waals surface area contributed by atoms with Crippen LogP contribution in [0.2, 0.25) is 10.0 Å². The van der Waals surface area contributed by atoms with E-state index in [2.05, 4.69) is 10.6 Å². The second kappa shape index (κ2) is 6.05. The lowest BCUT2D eigenvalue weighted by atomic mass is 9.99. The fourth-order valence-corrected chi connectivity index (χ4v) is 2.38. The number of rotatable bonds is 3. The molecule has 1 aromatic rings. The second-order valence-electron chi connectivity index (χ2n) is 4.52. The summed E-state index contributed by atoms with van der Waals surface area (Å²) in [6, 6.07) is 1.56. The molecule has 6 nitrogen and oxygen atoms in total. The van der Waals surface area contributed by atoms with Crippen LogP contribution in [0.4, 0.5) is 14.9 Å².